The van der Waals surface area contributed by atoms with E-state index >= 15 is 0 Å². The van der Waals surface area contributed by atoms with Crippen molar-refractivity contribution in [2.45, 2.75) is 64.1 Å². The third-order valence-electron chi connectivity index (χ3n) is 5.34. The lowest BCUT2D eigenvalue weighted by molar-refractivity contribution is -0.108. The Hall–Kier alpha value is -2.97. The minimum absolute atomic E-state index is 0.105. The molecule has 1 saturated heterocycles. The number of halogens is 1. The minimum Gasteiger partial charge on any atom is -0.491 e. The van der Waals surface area contributed by atoms with Crippen LogP contribution in [0.25, 0.3) is 0 Å². The zero-order valence-electron chi connectivity index (χ0n) is 19.9. The van der Waals surface area contributed by atoms with Crippen LogP contribution in [0, 0.1) is 5.82 Å². The standard InChI is InChI=1S/C24H34FN3O5/c1-24(2,3)33-23(31)28-13-7-9-19(28)16-32-21-11-10-17(25)14-20(21)22(30)27(5)12-6-8-18(15-29)26-4/h10-11,14-15,18-19H,4,6-9,12-13,16H2,1-3,5H3. The highest BCUT2D eigenvalue weighted by atomic mass is 19.1. The molecule has 8 nitrogen and oxygen atoms in total. The van der Waals surface area contributed by atoms with Crippen molar-refractivity contribution in [2.24, 2.45) is 4.99 Å². The number of hydrogen-bond acceptors (Lipinski definition) is 6. The number of amides is 2. The Bertz CT molecular complexity index is 847. The molecule has 0 spiro atoms. The predicted octanol–water partition coefficient (Wildman–Crippen LogP) is 3.72. The van der Waals surface area contributed by atoms with Crippen molar-refractivity contribution in [2.75, 3.05) is 26.7 Å². The molecule has 9 heteroatoms. The van der Waals surface area contributed by atoms with Gasteiger partial charge in [-0.25, -0.2) is 9.18 Å². The Balaban J connectivity index is 2.04. The zero-order valence-corrected chi connectivity index (χ0v) is 19.9. The number of ether oxygens (including phenoxy) is 2. The summed E-state index contributed by atoms with van der Waals surface area (Å²) in [6.07, 6.45) is 2.91. The molecule has 0 aromatic heterocycles. The first-order valence-electron chi connectivity index (χ1n) is 11.1. The smallest absolute Gasteiger partial charge is 0.410 e. The summed E-state index contributed by atoms with van der Waals surface area (Å²) < 4.78 is 25.3. The van der Waals surface area contributed by atoms with E-state index in [9.17, 15) is 18.8 Å². The van der Waals surface area contributed by atoms with Crippen LogP contribution in [0.2, 0.25) is 0 Å². The lowest BCUT2D eigenvalue weighted by Crippen LogP contribution is -2.42. The van der Waals surface area contributed by atoms with Crippen molar-refractivity contribution in [1.82, 2.24) is 9.80 Å². The Kier molecular flexibility index (Phi) is 9.37. The highest BCUT2D eigenvalue weighted by molar-refractivity contribution is 5.96. The van der Waals surface area contributed by atoms with Crippen LogP contribution in [-0.2, 0) is 9.53 Å². The molecule has 2 atom stereocenters. The third-order valence-corrected chi connectivity index (χ3v) is 5.34. The van der Waals surface area contributed by atoms with Gasteiger partial charge in [0.1, 0.15) is 36.1 Å². The molecule has 0 bridgehead atoms. The number of benzene rings is 1. The fourth-order valence-electron chi connectivity index (χ4n) is 3.60. The second-order valence-electron chi connectivity index (χ2n) is 9.18. The monoisotopic (exact) mass is 463 g/mol. The average Bonchev–Trinajstić information content (AvgIpc) is 3.23. The molecule has 2 amide bonds. The summed E-state index contributed by atoms with van der Waals surface area (Å²) in [5.74, 6) is -0.691. The van der Waals surface area contributed by atoms with Crippen LogP contribution in [0.4, 0.5) is 9.18 Å². The summed E-state index contributed by atoms with van der Waals surface area (Å²) in [4.78, 5) is 43.1. The third kappa shape index (κ3) is 7.83. The van der Waals surface area contributed by atoms with Gasteiger partial charge >= 0.3 is 6.09 Å². The molecule has 0 N–H and O–H groups in total. The lowest BCUT2D eigenvalue weighted by atomic mass is 10.1. The molecule has 1 fully saturated rings. The Labute approximate surface area is 194 Å². The topological polar surface area (TPSA) is 88.5 Å². The van der Waals surface area contributed by atoms with Crippen molar-refractivity contribution in [3.05, 3.63) is 29.6 Å². The van der Waals surface area contributed by atoms with Crippen LogP contribution in [0.1, 0.15) is 56.8 Å². The summed E-state index contributed by atoms with van der Waals surface area (Å²) in [6, 6.07) is 3.11. The van der Waals surface area contributed by atoms with Gasteiger partial charge in [-0.15, -0.1) is 0 Å². The van der Waals surface area contributed by atoms with E-state index in [-0.39, 0.29) is 24.0 Å². The maximum absolute atomic E-state index is 13.9. The van der Waals surface area contributed by atoms with Gasteiger partial charge in [0.2, 0.25) is 0 Å². The second-order valence-corrected chi connectivity index (χ2v) is 9.18. The van der Waals surface area contributed by atoms with Crippen LogP contribution < -0.4 is 4.74 Å². The first kappa shape index (κ1) is 26.3. The molecule has 0 saturated carbocycles. The van der Waals surface area contributed by atoms with E-state index in [4.69, 9.17) is 9.47 Å². The summed E-state index contributed by atoms with van der Waals surface area (Å²) >= 11 is 0. The number of hydrogen-bond donors (Lipinski definition) is 0. The quantitative estimate of drug-likeness (QED) is 0.390. The van der Waals surface area contributed by atoms with Gasteiger partial charge in [0.25, 0.3) is 5.91 Å². The van der Waals surface area contributed by atoms with E-state index in [1.54, 1.807) is 11.9 Å². The summed E-state index contributed by atoms with van der Waals surface area (Å²) in [5.41, 5.74) is -0.493. The molecular weight excluding hydrogens is 429 g/mol. The molecule has 1 heterocycles. The number of aliphatic imine (C=N–C) groups is 1. The molecule has 2 rings (SSSR count). The second kappa shape index (κ2) is 11.8. The van der Waals surface area contributed by atoms with Gasteiger partial charge < -0.3 is 24.1 Å². The predicted molar refractivity (Wildman–Crippen MR) is 123 cm³/mol. The molecule has 0 aliphatic carbocycles. The highest BCUT2D eigenvalue weighted by Crippen LogP contribution is 2.25. The molecular formula is C24H34FN3O5. The van der Waals surface area contributed by atoms with Gasteiger partial charge in [0.05, 0.1) is 11.6 Å². The van der Waals surface area contributed by atoms with Gasteiger partial charge in [-0.1, -0.05) is 0 Å². The zero-order chi connectivity index (χ0) is 24.6. The van der Waals surface area contributed by atoms with Crippen LogP contribution in [-0.4, -0.2) is 79.2 Å². The van der Waals surface area contributed by atoms with Crippen molar-refractivity contribution in [1.29, 1.82) is 0 Å². The van der Waals surface area contributed by atoms with Gasteiger partial charge in [-0.05, 0) is 71.4 Å². The molecule has 1 aromatic carbocycles. The fraction of sp³-hybridized carbons (Fsp3) is 0.583. The number of carbonyl (C=O) groups is 3. The van der Waals surface area contributed by atoms with Gasteiger partial charge in [-0.2, -0.15) is 0 Å². The van der Waals surface area contributed by atoms with E-state index < -0.39 is 29.5 Å². The van der Waals surface area contributed by atoms with E-state index in [1.165, 1.54) is 17.0 Å². The van der Waals surface area contributed by atoms with Crippen molar-refractivity contribution in [3.8, 4) is 5.75 Å². The maximum atomic E-state index is 13.9. The Morgan fingerprint density at radius 2 is 2.12 bits per heavy atom. The summed E-state index contributed by atoms with van der Waals surface area (Å²) in [5, 5.41) is 0. The van der Waals surface area contributed by atoms with Crippen LogP contribution in [0.3, 0.4) is 0 Å². The van der Waals surface area contributed by atoms with Gasteiger partial charge in [-0.3, -0.25) is 9.79 Å². The molecule has 182 valence electrons. The van der Waals surface area contributed by atoms with Crippen molar-refractivity contribution >= 4 is 25.0 Å². The van der Waals surface area contributed by atoms with E-state index in [0.717, 1.165) is 25.2 Å². The molecule has 33 heavy (non-hydrogen) atoms. The van der Waals surface area contributed by atoms with Crippen LogP contribution in [0.15, 0.2) is 23.2 Å². The van der Waals surface area contributed by atoms with Crippen LogP contribution in [0.5, 0.6) is 5.75 Å². The highest BCUT2D eigenvalue weighted by Gasteiger charge is 2.33. The number of nitrogens with zero attached hydrogens (tertiary/aromatic N) is 3. The minimum atomic E-state index is -0.598. The van der Waals surface area contributed by atoms with E-state index in [1.807, 2.05) is 20.8 Å². The lowest BCUT2D eigenvalue weighted by Gasteiger charge is -2.28. The number of likely N-dealkylation sites (tertiary alicyclic amines) is 1. The molecule has 1 aromatic rings. The molecule has 1 aliphatic heterocycles. The fourth-order valence-corrected chi connectivity index (χ4v) is 3.60. The van der Waals surface area contributed by atoms with Crippen molar-refractivity contribution in [3.63, 3.8) is 0 Å². The SMILES string of the molecule is C=NC(C=O)CCCN(C)C(=O)c1cc(F)ccc1OCC1CCCN1C(=O)OC(C)(C)C. The van der Waals surface area contributed by atoms with E-state index in [2.05, 4.69) is 11.7 Å². The summed E-state index contributed by atoms with van der Waals surface area (Å²) in [7, 11) is 1.61. The first-order chi connectivity index (χ1) is 15.6. The number of carbonyl (C=O) groups excluding carboxylic acids is 3. The molecule has 2 unspecified atom stereocenters. The number of rotatable bonds is 10. The number of aldehydes is 1. The first-order valence-corrected chi connectivity index (χ1v) is 11.1. The Morgan fingerprint density at radius 3 is 2.76 bits per heavy atom. The molecule has 0 radical (unpaired) electrons. The van der Waals surface area contributed by atoms with E-state index in [0.29, 0.717) is 25.9 Å². The van der Waals surface area contributed by atoms with Crippen molar-refractivity contribution < 1.29 is 28.2 Å². The van der Waals surface area contributed by atoms with Gasteiger partial charge in [0.15, 0.2) is 0 Å². The largest absolute Gasteiger partial charge is 0.491 e. The summed E-state index contributed by atoms with van der Waals surface area (Å²) in [6.45, 7) is 9.91. The molecule has 1 aliphatic rings. The van der Waals surface area contributed by atoms with Gasteiger partial charge in [0, 0.05) is 20.1 Å². The van der Waals surface area contributed by atoms with Crippen LogP contribution >= 0.6 is 0 Å². The average molecular weight is 464 g/mol. The Morgan fingerprint density at radius 1 is 1.39 bits per heavy atom. The normalized spacial score (nSPS) is 16.8. The maximum Gasteiger partial charge on any atom is 0.410 e.